The van der Waals surface area contributed by atoms with Crippen molar-refractivity contribution in [3.63, 3.8) is 0 Å². The van der Waals surface area contributed by atoms with Crippen molar-refractivity contribution in [2.75, 3.05) is 54.9 Å². The lowest BCUT2D eigenvalue weighted by Crippen LogP contribution is -2.38. The first-order valence-corrected chi connectivity index (χ1v) is 6.49. The highest BCUT2D eigenvalue weighted by Crippen LogP contribution is 2.20. The molecular weight excluding hydrogens is 248 g/mol. The molecule has 3 rings (SSSR count). The first-order chi connectivity index (χ1) is 9.22. The van der Waals surface area contributed by atoms with Gasteiger partial charge in [-0.1, -0.05) is 0 Å². The molecule has 3 heterocycles. The molecule has 0 saturated carbocycles. The first kappa shape index (κ1) is 12.4. The van der Waals surface area contributed by atoms with Gasteiger partial charge >= 0.3 is 0 Å². The maximum Gasteiger partial charge on any atom is 0.232 e. The molecule has 0 aromatic carbocycles. The molecule has 2 aliphatic heterocycles. The molecule has 8 heteroatoms. The number of nitrogens with two attached hydrogens (primary N) is 1. The van der Waals surface area contributed by atoms with Gasteiger partial charge in [-0.3, -0.25) is 0 Å². The summed E-state index contributed by atoms with van der Waals surface area (Å²) in [6.07, 6.45) is 0.420. The molecule has 2 aliphatic rings. The van der Waals surface area contributed by atoms with Crippen molar-refractivity contribution >= 4 is 17.8 Å². The lowest BCUT2D eigenvalue weighted by atomic mass is 10.3. The summed E-state index contributed by atoms with van der Waals surface area (Å²) >= 11 is 0. The number of aliphatic hydroxyl groups excluding tert-OH is 1. The maximum atomic E-state index is 9.58. The average molecular weight is 266 g/mol. The van der Waals surface area contributed by atoms with Crippen molar-refractivity contribution in [1.29, 1.82) is 0 Å². The molecule has 1 atom stereocenters. The fourth-order valence-electron chi connectivity index (χ4n) is 2.34. The van der Waals surface area contributed by atoms with Crippen LogP contribution in [0.4, 0.5) is 17.8 Å². The molecule has 19 heavy (non-hydrogen) atoms. The number of aliphatic hydroxyl groups is 1. The summed E-state index contributed by atoms with van der Waals surface area (Å²) in [5.74, 6) is 1.35. The molecule has 104 valence electrons. The van der Waals surface area contributed by atoms with Gasteiger partial charge < -0.3 is 25.4 Å². The minimum atomic E-state index is -0.315. The number of nitrogen functional groups attached to an aromatic ring is 1. The third-order valence-electron chi connectivity index (χ3n) is 3.37. The zero-order chi connectivity index (χ0) is 13.2. The Bertz CT molecular complexity index is 428. The van der Waals surface area contributed by atoms with Gasteiger partial charge in [0.2, 0.25) is 17.8 Å². The van der Waals surface area contributed by atoms with Gasteiger partial charge in [-0.05, 0) is 6.42 Å². The molecule has 1 aromatic rings. The second-order valence-corrected chi connectivity index (χ2v) is 4.78. The SMILES string of the molecule is Nc1nc(N2CCOCC2)nc(N2CCC(O)C2)n1. The highest BCUT2D eigenvalue weighted by molar-refractivity contribution is 5.44. The van der Waals surface area contributed by atoms with Crippen LogP contribution in [0, 0.1) is 0 Å². The Morgan fingerprint density at radius 1 is 1.05 bits per heavy atom. The van der Waals surface area contributed by atoms with Crippen LogP contribution in [0.3, 0.4) is 0 Å². The number of rotatable bonds is 2. The van der Waals surface area contributed by atoms with E-state index in [-0.39, 0.29) is 12.1 Å². The maximum absolute atomic E-state index is 9.58. The van der Waals surface area contributed by atoms with E-state index in [0.29, 0.717) is 31.7 Å². The molecule has 2 fully saturated rings. The van der Waals surface area contributed by atoms with E-state index in [0.717, 1.165) is 26.1 Å². The van der Waals surface area contributed by atoms with Crippen LogP contribution >= 0.6 is 0 Å². The molecule has 0 radical (unpaired) electrons. The quantitative estimate of drug-likeness (QED) is 0.693. The smallest absolute Gasteiger partial charge is 0.232 e. The monoisotopic (exact) mass is 266 g/mol. The van der Waals surface area contributed by atoms with Crippen molar-refractivity contribution in [2.24, 2.45) is 0 Å². The van der Waals surface area contributed by atoms with Crippen molar-refractivity contribution in [3.05, 3.63) is 0 Å². The van der Waals surface area contributed by atoms with E-state index >= 15 is 0 Å². The van der Waals surface area contributed by atoms with Crippen LogP contribution in [0.5, 0.6) is 0 Å². The highest BCUT2D eigenvalue weighted by Gasteiger charge is 2.24. The Morgan fingerprint density at radius 2 is 1.74 bits per heavy atom. The van der Waals surface area contributed by atoms with E-state index in [9.17, 15) is 5.11 Å². The summed E-state index contributed by atoms with van der Waals surface area (Å²) in [5.41, 5.74) is 5.76. The Hall–Kier alpha value is -1.67. The van der Waals surface area contributed by atoms with Gasteiger partial charge in [0, 0.05) is 26.2 Å². The van der Waals surface area contributed by atoms with Crippen LogP contribution in [0.2, 0.25) is 0 Å². The Balaban J connectivity index is 1.83. The summed E-state index contributed by atoms with van der Waals surface area (Å²) in [6, 6.07) is 0. The molecule has 0 spiro atoms. The Kier molecular flexibility index (Phi) is 3.34. The number of hydrogen-bond acceptors (Lipinski definition) is 8. The molecule has 1 unspecified atom stereocenters. The molecule has 0 amide bonds. The van der Waals surface area contributed by atoms with Crippen LogP contribution in [0.25, 0.3) is 0 Å². The number of morpholine rings is 1. The fourth-order valence-corrected chi connectivity index (χ4v) is 2.34. The first-order valence-electron chi connectivity index (χ1n) is 6.49. The zero-order valence-corrected chi connectivity index (χ0v) is 10.7. The van der Waals surface area contributed by atoms with Crippen LogP contribution in [-0.4, -0.2) is 65.6 Å². The van der Waals surface area contributed by atoms with Crippen LogP contribution in [0.15, 0.2) is 0 Å². The van der Waals surface area contributed by atoms with Gasteiger partial charge in [-0.15, -0.1) is 0 Å². The van der Waals surface area contributed by atoms with Gasteiger partial charge in [0.1, 0.15) is 0 Å². The molecular formula is C11H18N6O2. The van der Waals surface area contributed by atoms with Crippen molar-refractivity contribution in [3.8, 4) is 0 Å². The normalized spacial score (nSPS) is 23.9. The van der Waals surface area contributed by atoms with Crippen LogP contribution in [0.1, 0.15) is 6.42 Å². The van der Waals surface area contributed by atoms with Crippen molar-refractivity contribution in [1.82, 2.24) is 15.0 Å². The van der Waals surface area contributed by atoms with Crippen molar-refractivity contribution in [2.45, 2.75) is 12.5 Å². The second kappa shape index (κ2) is 5.14. The number of aromatic nitrogens is 3. The number of nitrogens with zero attached hydrogens (tertiary/aromatic N) is 5. The lowest BCUT2D eigenvalue weighted by molar-refractivity contribution is 0.122. The van der Waals surface area contributed by atoms with E-state index in [1.165, 1.54) is 0 Å². The van der Waals surface area contributed by atoms with Crippen LogP contribution < -0.4 is 15.5 Å². The predicted octanol–water partition coefficient (Wildman–Crippen LogP) is -1.14. The summed E-state index contributed by atoms with van der Waals surface area (Å²) in [4.78, 5) is 16.8. The van der Waals surface area contributed by atoms with Gasteiger partial charge in [-0.2, -0.15) is 15.0 Å². The highest BCUT2D eigenvalue weighted by atomic mass is 16.5. The minimum Gasteiger partial charge on any atom is -0.391 e. The number of β-amino-alcohol motifs (C(OH)–C–C–N with tert-alkyl or cyclic N) is 1. The van der Waals surface area contributed by atoms with E-state index in [4.69, 9.17) is 10.5 Å². The van der Waals surface area contributed by atoms with Gasteiger partial charge in [0.15, 0.2) is 0 Å². The fraction of sp³-hybridized carbons (Fsp3) is 0.727. The number of hydrogen-bond donors (Lipinski definition) is 2. The molecule has 0 aliphatic carbocycles. The zero-order valence-electron chi connectivity index (χ0n) is 10.7. The van der Waals surface area contributed by atoms with Gasteiger partial charge in [0.25, 0.3) is 0 Å². The molecule has 0 bridgehead atoms. The summed E-state index contributed by atoms with van der Waals surface area (Å²) in [7, 11) is 0. The van der Waals surface area contributed by atoms with E-state index in [1.54, 1.807) is 0 Å². The predicted molar refractivity (Wildman–Crippen MR) is 70.1 cm³/mol. The molecule has 1 aromatic heterocycles. The van der Waals surface area contributed by atoms with E-state index in [1.807, 2.05) is 9.80 Å². The number of ether oxygens (including phenoxy) is 1. The van der Waals surface area contributed by atoms with Gasteiger partial charge in [0.05, 0.1) is 19.3 Å². The second-order valence-electron chi connectivity index (χ2n) is 4.78. The van der Waals surface area contributed by atoms with E-state index < -0.39 is 0 Å². The Labute approximate surface area is 111 Å². The van der Waals surface area contributed by atoms with Gasteiger partial charge in [-0.25, -0.2) is 0 Å². The average Bonchev–Trinajstić information content (AvgIpc) is 2.86. The standard InChI is InChI=1S/C11H18N6O2/c12-9-13-10(16-3-5-19-6-4-16)15-11(14-9)17-2-1-8(18)7-17/h8,18H,1-7H2,(H2,12,13,14,15). The van der Waals surface area contributed by atoms with Crippen LogP contribution in [-0.2, 0) is 4.74 Å². The van der Waals surface area contributed by atoms with E-state index in [2.05, 4.69) is 15.0 Å². The summed E-state index contributed by atoms with van der Waals surface area (Å²) in [5, 5.41) is 9.58. The number of anilines is 3. The molecule has 2 saturated heterocycles. The molecule has 3 N–H and O–H groups in total. The lowest BCUT2D eigenvalue weighted by Gasteiger charge is -2.27. The van der Waals surface area contributed by atoms with Crippen molar-refractivity contribution < 1.29 is 9.84 Å². The Morgan fingerprint density at radius 3 is 2.37 bits per heavy atom. The minimum absolute atomic E-state index is 0.216. The third-order valence-corrected chi connectivity index (χ3v) is 3.37. The molecule has 8 nitrogen and oxygen atoms in total. The topological polar surface area (TPSA) is 101 Å². The summed E-state index contributed by atoms with van der Waals surface area (Å²) in [6.45, 7) is 4.14. The summed E-state index contributed by atoms with van der Waals surface area (Å²) < 4.78 is 5.31. The third kappa shape index (κ3) is 2.69. The largest absolute Gasteiger partial charge is 0.391 e.